The van der Waals surface area contributed by atoms with Crippen molar-refractivity contribution in [3.05, 3.63) is 41.1 Å². The van der Waals surface area contributed by atoms with E-state index in [-0.39, 0.29) is 11.9 Å². The fourth-order valence-corrected chi connectivity index (χ4v) is 6.92. The van der Waals surface area contributed by atoms with Crippen molar-refractivity contribution in [1.29, 1.82) is 0 Å². The van der Waals surface area contributed by atoms with Crippen molar-refractivity contribution in [2.24, 2.45) is 5.92 Å². The van der Waals surface area contributed by atoms with Gasteiger partial charge in [-0.1, -0.05) is 41.2 Å². The van der Waals surface area contributed by atoms with Crippen LogP contribution in [0.5, 0.6) is 0 Å². The van der Waals surface area contributed by atoms with Gasteiger partial charge in [-0.15, -0.1) is 11.8 Å². The number of aromatic nitrogens is 1. The van der Waals surface area contributed by atoms with E-state index in [0.717, 1.165) is 47.5 Å². The van der Waals surface area contributed by atoms with E-state index in [1.165, 1.54) is 25.4 Å². The van der Waals surface area contributed by atoms with Crippen LogP contribution in [0.25, 0.3) is 10.9 Å². The third-order valence-corrected chi connectivity index (χ3v) is 8.77. The van der Waals surface area contributed by atoms with Crippen molar-refractivity contribution < 1.29 is 19.1 Å². The van der Waals surface area contributed by atoms with Gasteiger partial charge in [0.15, 0.2) is 3.42 Å². The monoisotopic (exact) mass is 568 g/mol. The number of methoxy groups -OCH3 is 2. The molecule has 1 aromatic carbocycles. The maximum absolute atomic E-state index is 13.1. The molecule has 0 spiro atoms. The number of nitrogens with zero attached hydrogens (tertiary/aromatic N) is 1. The Hall–Kier alpha value is -1.52. The molecule has 2 aliphatic heterocycles. The molecule has 1 aromatic heterocycles. The molecule has 0 radical (unpaired) electrons. The summed E-state index contributed by atoms with van der Waals surface area (Å²) in [6.45, 7) is 4.91. The summed E-state index contributed by atoms with van der Waals surface area (Å²) < 4.78 is 9.28. The van der Waals surface area contributed by atoms with Gasteiger partial charge >= 0.3 is 11.9 Å². The Morgan fingerprint density at radius 3 is 2.81 bits per heavy atom. The van der Waals surface area contributed by atoms with Gasteiger partial charge in [0.25, 0.3) is 0 Å². The van der Waals surface area contributed by atoms with Crippen LogP contribution in [0.2, 0.25) is 0 Å². The number of carbonyl (C=O) groups excluding carboxylic acids is 2. The molecule has 1 N–H and O–H groups in total. The number of alkyl halides is 1. The molecule has 3 atom stereocenters. The van der Waals surface area contributed by atoms with Gasteiger partial charge in [-0.05, 0) is 42.5 Å². The summed E-state index contributed by atoms with van der Waals surface area (Å²) in [4.78, 5) is 31.7. The normalized spacial score (nSPS) is 24.8. The van der Waals surface area contributed by atoms with E-state index >= 15 is 0 Å². The fourth-order valence-electron chi connectivity index (χ4n) is 4.80. The molecule has 8 heteroatoms. The highest BCUT2D eigenvalue weighted by Crippen LogP contribution is 2.46. The minimum absolute atomic E-state index is 0.197. The molecule has 4 rings (SSSR count). The molecule has 2 aromatic rings. The summed E-state index contributed by atoms with van der Waals surface area (Å²) in [7, 11) is 2.89. The first-order chi connectivity index (χ1) is 15.4. The third-order valence-electron chi connectivity index (χ3n) is 6.36. The summed E-state index contributed by atoms with van der Waals surface area (Å²) in [5.41, 5.74) is 4.59. The molecule has 172 valence electrons. The number of H-pyrrole nitrogens is 1. The van der Waals surface area contributed by atoms with Crippen molar-refractivity contribution in [1.82, 2.24) is 9.88 Å². The van der Waals surface area contributed by atoms with Gasteiger partial charge in [0.05, 0.1) is 20.6 Å². The Kier molecular flexibility index (Phi) is 7.21. The predicted molar refractivity (Wildman–Crippen MR) is 135 cm³/mol. The standard InChI is InChI=1S/C24H29IN2O4S/c1-4-15-9-16-11-24(25,23(29)31-3)22-19(14-27(12-15)13-16)18-10-17(5-6-20(18)26-22)32-8-7-21(28)30-2/h5-6,9-10,16,26H,4,7-8,11-14H2,1-3H3/t16-,24+/m1/s1. The average Bonchev–Trinajstić information content (AvgIpc) is 3.15. The number of thioether (sulfide) groups is 1. The molecule has 2 aliphatic rings. The van der Waals surface area contributed by atoms with Gasteiger partial charge in [-0.3, -0.25) is 14.5 Å². The maximum atomic E-state index is 13.1. The molecule has 0 saturated carbocycles. The van der Waals surface area contributed by atoms with Crippen LogP contribution in [0.15, 0.2) is 34.7 Å². The van der Waals surface area contributed by atoms with Crippen molar-refractivity contribution in [2.75, 3.05) is 33.1 Å². The number of esters is 2. The summed E-state index contributed by atoms with van der Waals surface area (Å²) >= 11 is 3.95. The lowest BCUT2D eigenvalue weighted by Gasteiger charge is -2.39. The highest BCUT2D eigenvalue weighted by Gasteiger charge is 2.46. The van der Waals surface area contributed by atoms with E-state index < -0.39 is 3.42 Å². The van der Waals surface area contributed by atoms with Crippen LogP contribution >= 0.6 is 34.4 Å². The molecule has 1 unspecified atom stereocenters. The number of fused-ring (bicyclic) bond motifs is 5. The second-order valence-corrected chi connectivity index (χ2v) is 11.5. The van der Waals surface area contributed by atoms with Crippen LogP contribution in [-0.2, 0) is 29.0 Å². The number of ether oxygens (including phenoxy) is 2. The summed E-state index contributed by atoms with van der Waals surface area (Å²) in [6.07, 6.45) is 4.49. The average molecular weight is 568 g/mol. The summed E-state index contributed by atoms with van der Waals surface area (Å²) in [6, 6.07) is 6.32. The van der Waals surface area contributed by atoms with E-state index in [1.54, 1.807) is 11.8 Å². The van der Waals surface area contributed by atoms with Gasteiger partial charge in [-0.2, -0.15) is 0 Å². The van der Waals surface area contributed by atoms with Crippen molar-refractivity contribution in [3.8, 4) is 0 Å². The Labute approximate surface area is 206 Å². The molecule has 2 bridgehead atoms. The van der Waals surface area contributed by atoms with Crippen LogP contribution < -0.4 is 0 Å². The predicted octanol–water partition coefficient (Wildman–Crippen LogP) is 4.80. The number of nitrogens with one attached hydrogen (secondary N) is 1. The summed E-state index contributed by atoms with van der Waals surface area (Å²) in [5.74, 6) is 0.585. The number of hydrogen-bond acceptors (Lipinski definition) is 6. The lowest BCUT2D eigenvalue weighted by Crippen LogP contribution is -2.43. The van der Waals surface area contributed by atoms with Crippen LogP contribution in [0.1, 0.15) is 37.4 Å². The zero-order valence-electron chi connectivity index (χ0n) is 18.7. The number of aromatic amines is 1. The Bertz CT molecular complexity index is 1070. The van der Waals surface area contributed by atoms with Gasteiger partial charge in [0.2, 0.25) is 0 Å². The smallest absolute Gasteiger partial charge is 0.327 e. The third kappa shape index (κ3) is 4.59. The lowest BCUT2D eigenvalue weighted by atomic mass is 9.84. The van der Waals surface area contributed by atoms with E-state index in [1.807, 2.05) is 0 Å². The molecular weight excluding hydrogens is 539 g/mol. The Balaban J connectivity index is 1.75. The lowest BCUT2D eigenvalue weighted by molar-refractivity contribution is -0.144. The molecule has 0 saturated heterocycles. The van der Waals surface area contributed by atoms with Crippen molar-refractivity contribution >= 4 is 57.2 Å². The first-order valence-corrected chi connectivity index (χ1v) is 13.0. The van der Waals surface area contributed by atoms with Gasteiger partial charge < -0.3 is 14.5 Å². The zero-order chi connectivity index (χ0) is 22.9. The minimum Gasteiger partial charge on any atom is -0.469 e. The van der Waals surface area contributed by atoms with Gasteiger partial charge in [-0.25, -0.2) is 0 Å². The molecule has 6 nitrogen and oxygen atoms in total. The minimum atomic E-state index is -0.761. The van der Waals surface area contributed by atoms with Gasteiger partial charge in [0, 0.05) is 46.9 Å². The number of halogens is 1. The molecule has 0 fully saturated rings. The molecule has 0 aliphatic carbocycles. The van der Waals surface area contributed by atoms with Crippen LogP contribution in [0.3, 0.4) is 0 Å². The fraction of sp³-hybridized carbons (Fsp3) is 0.500. The number of benzene rings is 1. The number of carbonyl (C=O) groups is 2. The van der Waals surface area contributed by atoms with E-state index in [2.05, 4.69) is 63.7 Å². The van der Waals surface area contributed by atoms with Crippen LogP contribution in [-0.4, -0.2) is 54.9 Å². The quantitative estimate of drug-likeness (QED) is 0.178. The SMILES string of the molecule is CCC1=C[C@H]2CN(C1)Cc1c([nH]c3ccc(SCCC(=O)OC)cc13)[C@](I)(C(=O)OC)C2. The Morgan fingerprint density at radius 1 is 1.28 bits per heavy atom. The van der Waals surface area contributed by atoms with E-state index in [4.69, 9.17) is 9.47 Å². The van der Waals surface area contributed by atoms with Crippen LogP contribution in [0.4, 0.5) is 0 Å². The number of rotatable bonds is 6. The zero-order valence-corrected chi connectivity index (χ0v) is 21.7. The molecule has 0 amide bonds. The summed E-state index contributed by atoms with van der Waals surface area (Å²) in [5, 5.41) is 1.14. The van der Waals surface area contributed by atoms with Crippen molar-refractivity contribution in [2.45, 2.75) is 41.0 Å². The highest BCUT2D eigenvalue weighted by molar-refractivity contribution is 14.1. The molecular formula is C24H29IN2O4S. The van der Waals surface area contributed by atoms with E-state index in [0.29, 0.717) is 24.5 Å². The molecule has 32 heavy (non-hydrogen) atoms. The molecule has 3 heterocycles. The van der Waals surface area contributed by atoms with Crippen molar-refractivity contribution in [3.63, 3.8) is 0 Å². The first-order valence-electron chi connectivity index (χ1n) is 10.9. The highest BCUT2D eigenvalue weighted by atomic mass is 127. The topological polar surface area (TPSA) is 71.6 Å². The maximum Gasteiger partial charge on any atom is 0.327 e. The Morgan fingerprint density at radius 2 is 2.09 bits per heavy atom. The first kappa shape index (κ1) is 23.6. The van der Waals surface area contributed by atoms with Crippen LogP contribution in [0, 0.1) is 5.92 Å². The van der Waals surface area contributed by atoms with E-state index in [9.17, 15) is 9.59 Å². The largest absolute Gasteiger partial charge is 0.469 e. The second kappa shape index (κ2) is 9.77. The number of hydrogen-bond donors (Lipinski definition) is 1. The van der Waals surface area contributed by atoms with Gasteiger partial charge in [0.1, 0.15) is 0 Å². The second-order valence-electron chi connectivity index (χ2n) is 8.47.